The molecule has 0 unspecified atom stereocenters. The topological polar surface area (TPSA) is 55.8 Å². The van der Waals surface area contributed by atoms with Crippen LogP contribution in [0.15, 0.2) is 6.07 Å². The Morgan fingerprint density at radius 1 is 1.14 bits per heavy atom. The lowest BCUT2D eigenvalue weighted by Crippen LogP contribution is -2.23. The first-order valence-electron chi connectivity index (χ1n) is 7.44. The highest BCUT2D eigenvalue weighted by Crippen LogP contribution is 2.43. The molecule has 0 atom stereocenters. The molecule has 0 aromatic heterocycles. The van der Waals surface area contributed by atoms with E-state index in [4.69, 9.17) is 9.47 Å². The van der Waals surface area contributed by atoms with E-state index in [9.17, 15) is 9.90 Å². The van der Waals surface area contributed by atoms with Gasteiger partial charge in [0, 0.05) is 18.2 Å². The molecule has 0 heterocycles. The van der Waals surface area contributed by atoms with Crippen molar-refractivity contribution in [1.29, 1.82) is 0 Å². The Kier molecular flexibility index (Phi) is 5.29. The molecule has 4 heteroatoms. The number of hydrogen-bond acceptors (Lipinski definition) is 3. The number of ether oxygens (including phenoxy) is 2. The molecule has 22 heavy (non-hydrogen) atoms. The number of methoxy groups -OCH3 is 1. The summed E-state index contributed by atoms with van der Waals surface area (Å²) in [6, 6.07) is 1.73. The first-order chi connectivity index (χ1) is 9.91. The molecular formula is C18H28O4. The number of rotatable bonds is 4. The van der Waals surface area contributed by atoms with Gasteiger partial charge in [-0.2, -0.15) is 0 Å². The van der Waals surface area contributed by atoms with Crippen LogP contribution in [0.5, 0.6) is 5.75 Å². The predicted molar refractivity (Wildman–Crippen MR) is 88.0 cm³/mol. The highest BCUT2D eigenvalue weighted by Gasteiger charge is 2.31. The Morgan fingerprint density at radius 2 is 1.68 bits per heavy atom. The van der Waals surface area contributed by atoms with Crippen LogP contribution in [-0.4, -0.2) is 25.0 Å². The molecule has 0 aliphatic heterocycles. The molecule has 124 valence electrons. The predicted octanol–water partition coefficient (Wildman–Crippen LogP) is 4.27. The third-order valence-electron chi connectivity index (χ3n) is 3.65. The van der Waals surface area contributed by atoms with Gasteiger partial charge in [0.2, 0.25) is 0 Å². The number of aromatic carboxylic acids is 1. The molecule has 0 radical (unpaired) electrons. The van der Waals surface area contributed by atoms with E-state index in [2.05, 4.69) is 41.5 Å². The van der Waals surface area contributed by atoms with Crippen LogP contribution in [-0.2, 0) is 15.6 Å². The first kappa shape index (κ1) is 18.5. The molecule has 0 saturated carbocycles. The van der Waals surface area contributed by atoms with Gasteiger partial charge >= 0.3 is 5.97 Å². The molecule has 1 rings (SSSR count). The minimum atomic E-state index is -0.910. The molecule has 0 amide bonds. The number of hydrogen-bond donors (Lipinski definition) is 1. The van der Waals surface area contributed by atoms with E-state index in [1.807, 2.05) is 6.92 Å². The minimum absolute atomic E-state index is 0.137. The summed E-state index contributed by atoms with van der Waals surface area (Å²) in [6.07, 6.45) is 0. The van der Waals surface area contributed by atoms with Crippen LogP contribution in [0.3, 0.4) is 0 Å². The van der Waals surface area contributed by atoms with Crippen molar-refractivity contribution in [3.05, 3.63) is 28.3 Å². The quantitative estimate of drug-likeness (QED) is 0.844. The van der Waals surface area contributed by atoms with Gasteiger partial charge in [0.25, 0.3) is 0 Å². The third-order valence-corrected chi connectivity index (χ3v) is 3.65. The molecule has 0 fully saturated rings. The summed E-state index contributed by atoms with van der Waals surface area (Å²) in [5, 5.41) is 9.55. The zero-order valence-electron chi connectivity index (χ0n) is 15.0. The molecule has 1 aromatic rings. The number of benzene rings is 1. The van der Waals surface area contributed by atoms with Crippen LogP contribution in [0.2, 0.25) is 0 Å². The van der Waals surface area contributed by atoms with Crippen molar-refractivity contribution in [2.24, 2.45) is 0 Å². The van der Waals surface area contributed by atoms with Gasteiger partial charge in [-0.3, -0.25) is 0 Å². The highest BCUT2D eigenvalue weighted by molar-refractivity contribution is 5.91. The van der Waals surface area contributed by atoms with E-state index < -0.39 is 5.97 Å². The summed E-state index contributed by atoms with van der Waals surface area (Å²) in [7, 11) is 1.58. The van der Waals surface area contributed by atoms with Gasteiger partial charge in [0.15, 0.2) is 6.79 Å². The van der Waals surface area contributed by atoms with Gasteiger partial charge in [-0.15, -0.1) is 0 Å². The summed E-state index contributed by atoms with van der Waals surface area (Å²) in [6.45, 7) is 14.3. The monoisotopic (exact) mass is 308 g/mol. The Balaban J connectivity index is 3.82. The SMILES string of the molecule is COCOc1c(C(C)(C)C)cc(C(=O)O)c(C)c1C(C)(C)C. The van der Waals surface area contributed by atoms with Gasteiger partial charge in [-0.05, 0) is 29.4 Å². The maximum atomic E-state index is 11.6. The zero-order valence-corrected chi connectivity index (χ0v) is 15.0. The average Bonchev–Trinajstić information content (AvgIpc) is 2.32. The maximum Gasteiger partial charge on any atom is 0.335 e. The van der Waals surface area contributed by atoms with E-state index in [0.717, 1.165) is 22.4 Å². The summed E-state index contributed by atoms with van der Waals surface area (Å²) in [5.74, 6) is -0.170. The van der Waals surface area contributed by atoms with Crippen LogP contribution in [0, 0.1) is 6.92 Å². The van der Waals surface area contributed by atoms with Gasteiger partial charge in [0.05, 0.1) is 5.56 Å². The summed E-state index contributed by atoms with van der Waals surface area (Å²) < 4.78 is 10.9. The fourth-order valence-corrected chi connectivity index (χ4v) is 2.71. The van der Waals surface area contributed by atoms with E-state index in [1.54, 1.807) is 13.2 Å². The van der Waals surface area contributed by atoms with Gasteiger partial charge in [0.1, 0.15) is 5.75 Å². The number of carboxylic acid groups (broad SMARTS) is 1. The van der Waals surface area contributed by atoms with Crippen molar-refractivity contribution < 1.29 is 19.4 Å². The highest BCUT2D eigenvalue weighted by atomic mass is 16.7. The summed E-state index contributed by atoms with van der Waals surface area (Å²) in [5.41, 5.74) is 2.42. The van der Waals surface area contributed by atoms with Crippen molar-refractivity contribution in [1.82, 2.24) is 0 Å². The zero-order chi connectivity index (χ0) is 17.3. The Morgan fingerprint density at radius 3 is 2.05 bits per heavy atom. The Hall–Kier alpha value is -1.55. The second-order valence-corrected chi connectivity index (χ2v) is 7.66. The lowest BCUT2D eigenvalue weighted by atomic mass is 9.76. The van der Waals surface area contributed by atoms with Crippen LogP contribution in [0.1, 0.15) is 68.6 Å². The van der Waals surface area contributed by atoms with Crippen LogP contribution in [0.25, 0.3) is 0 Å². The Bertz CT molecular complexity index is 560. The number of carboxylic acids is 1. The molecule has 1 aromatic carbocycles. The van der Waals surface area contributed by atoms with Crippen molar-refractivity contribution >= 4 is 5.97 Å². The largest absolute Gasteiger partial charge is 0.478 e. The average molecular weight is 308 g/mol. The molecule has 0 spiro atoms. The molecule has 4 nitrogen and oxygen atoms in total. The van der Waals surface area contributed by atoms with Crippen molar-refractivity contribution in [2.45, 2.75) is 59.3 Å². The molecular weight excluding hydrogens is 280 g/mol. The van der Waals surface area contributed by atoms with E-state index in [-0.39, 0.29) is 17.6 Å². The summed E-state index contributed by atoms with van der Waals surface area (Å²) >= 11 is 0. The lowest BCUT2D eigenvalue weighted by molar-refractivity contribution is 0.0483. The second kappa shape index (κ2) is 6.29. The molecule has 0 bridgehead atoms. The van der Waals surface area contributed by atoms with E-state index in [0.29, 0.717) is 5.56 Å². The van der Waals surface area contributed by atoms with Crippen molar-refractivity contribution in [3.63, 3.8) is 0 Å². The molecule has 0 aliphatic rings. The number of carbonyl (C=O) groups is 1. The van der Waals surface area contributed by atoms with Crippen molar-refractivity contribution in [2.75, 3.05) is 13.9 Å². The third kappa shape index (κ3) is 3.80. The fraction of sp³-hybridized carbons (Fsp3) is 0.611. The molecule has 0 aliphatic carbocycles. The van der Waals surface area contributed by atoms with E-state index >= 15 is 0 Å². The van der Waals surface area contributed by atoms with Crippen LogP contribution in [0.4, 0.5) is 0 Å². The lowest BCUT2D eigenvalue weighted by Gasteiger charge is -2.32. The van der Waals surface area contributed by atoms with Gasteiger partial charge in [-0.25, -0.2) is 4.79 Å². The minimum Gasteiger partial charge on any atom is -0.478 e. The smallest absolute Gasteiger partial charge is 0.335 e. The van der Waals surface area contributed by atoms with Crippen LogP contribution < -0.4 is 4.74 Å². The van der Waals surface area contributed by atoms with Crippen LogP contribution >= 0.6 is 0 Å². The van der Waals surface area contributed by atoms with Gasteiger partial charge < -0.3 is 14.6 Å². The molecule has 0 saturated heterocycles. The molecule has 1 N–H and O–H groups in total. The van der Waals surface area contributed by atoms with E-state index in [1.165, 1.54) is 0 Å². The Labute approximate surface area is 133 Å². The van der Waals surface area contributed by atoms with Crippen molar-refractivity contribution in [3.8, 4) is 5.75 Å². The standard InChI is InChI=1S/C18H28O4/c1-11-12(16(19)20)9-13(17(2,3)4)15(22-10-21-8)14(11)18(5,6)7/h9H,10H2,1-8H3,(H,19,20). The summed E-state index contributed by atoms with van der Waals surface area (Å²) in [4.78, 5) is 11.6. The van der Waals surface area contributed by atoms with Gasteiger partial charge in [-0.1, -0.05) is 41.5 Å². The normalized spacial score (nSPS) is 12.4. The fourth-order valence-electron chi connectivity index (χ4n) is 2.71. The maximum absolute atomic E-state index is 11.6. The second-order valence-electron chi connectivity index (χ2n) is 7.66. The first-order valence-corrected chi connectivity index (χ1v) is 7.44.